The highest BCUT2D eigenvalue weighted by molar-refractivity contribution is 6.35. The van der Waals surface area contributed by atoms with Crippen molar-refractivity contribution in [3.63, 3.8) is 0 Å². The summed E-state index contributed by atoms with van der Waals surface area (Å²) in [7, 11) is 0. The average Bonchev–Trinajstić information content (AvgIpc) is 2.99. The first-order chi connectivity index (χ1) is 9.75. The van der Waals surface area contributed by atoms with Crippen LogP contribution in [0.1, 0.15) is 12.8 Å². The molecule has 0 aromatic carbocycles. The van der Waals surface area contributed by atoms with Crippen LogP contribution in [0.2, 0.25) is 0 Å². The van der Waals surface area contributed by atoms with Gasteiger partial charge in [0, 0.05) is 39.3 Å². The Morgan fingerprint density at radius 2 is 1.85 bits per heavy atom. The third kappa shape index (κ3) is 5.07. The Balaban J connectivity index is 1.54. The first-order valence-corrected chi connectivity index (χ1v) is 7.23. The van der Waals surface area contributed by atoms with Crippen molar-refractivity contribution in [3.8, 4) is 0 Å². The molecule has 2 heterocycles. The summed E-state index contributed by atoms with van der Waals surface area (Å²) in [6.45, 7) is 5.59. The van der Waals surface area contributed by atoms with Gasteiger partial charge in [-0.2, -0.15) is 0 Å². The average molecular weight is 285 g/mol. The zero-order chi connectivity index (χ0) is 14.2. The molecular weight excluding hydrogens is 262 g/mol. The van der Waals surface area contributed by atoms with Gasteiger partial charge in [-0.15, -0.1) is 0 Å². The molecule has 114 valence electrons. The fraction of sp³-hybridized carbons (Fsp3) is 0.846. The monoisotopic (exact) mass is 285 g/mol. The molecule has 7 heteroatoms. The first kappa shape index (κ1) is 15.2. The Hall–Kier alpha value is -1.18. The van der Waals surface area contributed by atoms with Crippen LogP contribution < -0.4 is 10.6 Å². The third-order valence-corrected chi connectivity index (χ3v) is 3.54. The molecule has 0 radical (unpaired) electrons. The predicted octanol–water partition coefficient (Wildman–Crippen LogP) is -1.27. The number of ether oxygens (including phenoxy) is 2. The first-order valence-electron chi connectivity index (χ1n) is 7.23. The van der Waals surface area contributed by atoms with E-state index in [0.717, 1.165) is 52.3 Å². The summed E-state index contributed by atoms with van der Waals surface area (Å²) in [6, 6.07) is 0. The normalized spacial score (nSPS) is 23.5. The van der Waals surface area contributed by atoms with Crippen LogP contribution in [0, 0.1) is 0 Å². The van der Waals surface area contributed by atoms with E-state index in [4.69, 9.17) is 9.47 Å². The molecule has 0 aromatic heterocycles. The zero-order valence-corrected chi connectivity index (χ0v) is 11.7. The number of hydrogen-bond acceptors (Lipinski definition) is 5. The maximum Gasteiger partial charge on any atom is 0.309 e. The molecule has 20 heavy (non-hydrogen) atoms. The van der Waals surface area contributed by atoms with Crippen molar-refractivity contribution in [2.75, 3.05) is 52.5 Å². The lowest BCUT2D eigenvalue weighted by Crippen LogP contribution is -2.46. The molecule has 2 N–H and O–H groups in total. The van der Waals surface area contributed by atoms with Crippen molar-refractivity contribution in [1.82, 2.24) is 15.5 Å². The molecule has 0 aromatic rings. The minimum Gasteiger partial charge on any atom is -0.379 e. The van der Waals surface area contributed by atoms with Gasteiger partial charge in [-0.05, 0) is 12.8 Å². The Labute approximate surface area is 119 Å². The van der Waals surface area contributed by atoms with Crippen LogP contribution >= 0.6 is 0 Å². The largest absolute Gasteiger partial charge is 0.379 e. The molecule has 2 aliphatic heterocycles. The van der Waals surface area contributed by atoms with Gasteiger partial charge in [0.15, 0.2) is 0 Å². The summed E-state index contributed by atoms with van der Waals surface area (Å²) in [5, 5.41) is 5.23. The second kappa shape index (κ2) is 8.18. The van der Waals surface area contributed by atoms with Crippen molar-refractivity contribution in [1.29, 1.82) is 0 Å². The molecule has 0 unspecified atom stereocenters. The topological polar surface area (TPSA) is 79.9 Å². The van der Waals surface area contributed by atoms with E-state index in [0.29, 0.717) is 13.1 Å². The fourth-order valence-electron chi connectivity index (χ4n) is 2.32. The van der Waals surface area contributed by atoms with Crippen molar-refractivity contribution >= 4 is 11.8 Å². The number of morpholine rings is 1. The van der Waals surface area contributed by atoms with Gasteiger partial charge < -0.3 is 20.1 Å². The van der Waals surface area contributed by atoms with Crippen molar-refractivity contribution in [2.24, 2.45) is 0 Å². The fourth-order valence-corrected chi connectivity index (χ4v) is 2.32. The number of rotatable bonds is 5. The molecule has 2 saturated heterocycles. The van der Waals surface area contributed by atoms with Crippen molar-refractivity contribution in [2.45, 2.75) is 18.9 Å². The van der Waals surface area contributed by atoms with Crippen LogP contribution in [0.15, 0.2) is 0 Å². The molecule has 1 atom stereocenters. The van der Waals surface area contributed by atoms with Gasteiger partial charge in [-0.1, -0.05) is 0 Å². The number of carbonyl (C=O) groups excluding carboxylic acids is 2. The smallest absolute Gasteiger partial charge is 0.309 e. The van der Waals surface area contributed by atoms with Crippen LogP contribution in [-0.2, 0) is 19.1 Å². The van der Waals surface area contributed by atoms with E-state index in [-0.39, 0.29) is 6.10 Å². The van der Waals surface area contributed by atoms with Gasteiger partial charge >= 0.3 is 11.8 Å². The minimum absolute atomic E-state index is 0.0556. The molecule has 2 aliphatic rings. The summed E-state index contributed by atoms with van der Waals surface area (Å²) in [6.07, 6.45) is 2.02. The Bertz CT molecular complexity index is 326. The van der Waals surface area contributed by atoms with E-state index in [1.807, 2.05) is 0 Å². The van der Waals surface area contributed by atoms with Crippen LogP contribution in [-0.4, -0.2) is 75.4 Å². The maximum atomic E-state index is 11.6. The number of hydrogen-bond donors (Lipinski definition) is 2. The van der Waals surface area contributed by atoms with E-state index >= 15 is 0 Å². The zero-order valence-electron chi connectivity index (χ0n) is 11.7. The summed E-state index contributed by atoms with van der Waals surface area (Å²) in [5.74, 6) is -1.15. The molecule has 0 aliphatic carbocycles. The van der Waals surface area contributed by atoms with E-state index in [1.165, 1.54) is 0 Å². The molecule has 2 fully saturated rings. The standard InChI is InChI=1S/C13H23N3O4/c17-12(13(18)15-10-11-2-1-7-20-11)14-3-4-16-5-8-19-9-6-16/h11H,1-10H2,(H,14,17)(H,15,18)/t11-/m1/s1. The second-order valence-electron chi connectivity index (χ2n) is 5.05. The highest BCUT2D eigenvalue weighted by Gasteiger charge is 2.19. The lowest BCUT2D eigenvalue weighted by atomic mass is 10.2. The SMILES string of the molecule is O=C(NCCN1CCOCC1)C(=O)NC[C@H]1CCCO1. The lowest BCUT2D eigenvalue weighted by Gasteiger charge is -2.26. The molecule has 2 amide bonds. The number of amides is 2. The van der Waals surface area contributed by atoms with Gasteiger partial charge in [0.05, 0.1) is 19.3 Å². The van der Waals surface area contributed by atoms with Crippen LogP contribution in [0.5, 0.6) is 0 Å². The van der Waals surface area contributed by atoms with Gasteiger partial charge in [-0.25, -0.2) is 0 Å². The van der Waals surface area contributed by atoms with E-state index in [9.17, 15) is 9.59 Å². The van der Waals surface area contributed by atoms with Gasteiger partial charge in [0.1, 0.15) is 0 Å². The number of nitrogens with one attached hydrogen (secondary N) is 2. The van der Waals surface area contributed by atoms with Gasteiger partial charge in [0.25, 0.3) is 0 Å². The molecule has 0 spiro atoms. The summed E-state index contributed by atoms with van der Waals surface area (Å²) in [4.78, 5) is 25.4. The van der Waals surface area contributed by atoms with Crippen LogP contribution in [0.3, 0.4) is 0 Å². The summed E-state index contributed by atoms with van der Waals surface area (Å²) in [5.41, 5.74) is 0. The summed E-state index contributed by atoms with van der Waals surface area (Å²) >= 11 is 0. The number of nitrogens with zero attached hydrogens (tertiary/aromatic N) is 1. The van der Waals surface area contributed by atoms with Crippen LogP contribution in [0.25, 0.3) is 0 Å². The van der Waals surface area contributed by atoms with Gasteiger partial charge in [0.2, 0.25) is 0 Å². The molecule has 7 nitrogen and oxygen atoms in total. The molecule has 0 bridgehead atoms. The molecule has 0 saturated carbocycles. The van der Waals surface area contributed by atoms with Crippen molar-refractivity contribution in [3.05, 3.63) is 0 Å². The van der Waals surface area contributed by atoms with E-state index in [2.05, 4.69) is 15.5 Å². The Kier molecular flexibility index (Phi) is 6.23. The van der Waals surface area contributed by atoms with E-state index < -0.39 is 11.8 Å². The van der Waals surface area contributed by atoms with E-state index in [1.54, 1.807) is 0 Å². The number of carbonyl (C=O) groups is 2. The third-order valence-electron chi connectivity index (χ3n) is 3.54. The Morgan fingerprint density at radius 1 is 1.10 bits per heavy atom. The highest BCUT2D eigenvalue weighted by Crippen LogP contribution is 2.10. The molecular formula is C13H23N3O4. The predicted molar refractivity (Wildman–Crippen MR) is 72.3 cm³/mol. The van der Waals surface area contributed by atoms with Crippen molar-refractivity contribution < 1.29 is 19.1 Å². The maximum absolute atomic E-state index is 11.6. The summed E-state index contributed by atoms with van der Waals surface area (Å²) < 4.78 is 10.6. The van der Waals surface area contributed by atoms with Crippen LogP contribution in [0.4, 0.5) is 0 Å². The second-order valence-corrected chi connectivity index (χ2v) is 5.05. The van der Waals surface area contributed by atoms with Gasteiger partial charge in [-0.3, -0.25) is 14.5 Å². The quantitative estimate of drug-likeness (QED) is 0.616. The molecule has 2 rings (SSSR count). The minimum atomic E-state index is -0.581. The Morgan fingerprint density at radius 3 is 2.55 bits per heavy atom. The highest BCUT2D eigenvalue weighted by atomic mass is 16.5. The lowest BCUT2D eigenvalue weighted by molar-refractivity contribution is -0.139.